The Morgan fingerprint density at radius 1 is 1.04 bits per heavy atom. The molecule has 0 radical (unpaired) electrons. The van der Waals surface area contributed by atoms with E-state index in [1.807, 2.05) is 42.5 Å². The summed E-state index contributed by atoms with van der Waals surface area (Å²) in [6.45, 7) is 0.873. The van der Waals surface area contributed by atoms with Crippen LogP contribution >= 0.6 is 0 Å². The summed E-state index contributed by atoms with van der Waals surface area (Å²) in [5.74, 6) is 1.13. The van der Waals surface area contributed by atoms with E-state index in [1.54, 1.807) is 29.4 Å². The van der Waals surface area contributed by atoms with Gasteiger partial charge in [0, 0.05) is 23.6 Å². The predicted molar refractivity (Wildman–Crippen MR) is 95.8 cm³/mol. The average Bonchev–Trinajstić information content (AvgIpc) is 2.68. The Morgan fingerprint density at radius 3 is 2.64 bits per heavy atom. The van der Waals surface area contributed by atoms with Crippen LogP contribution in [0.5, 0.6) is 5.75 Å². The van der Waals surface area contributed by atoms with Crippen molar-refractivity contribution < 1.29 is 9.53 Å². The van der Waals surface area contributed by atoms with Crippen LogP contribution in [0.1, 0.15) is 0 Å². The van der Waals surface area contributed by atoms with Crippen molar-refractivity contribution in [2.45, 2.75) is 0 Å². The summed E-state index contributed by atoms with van der Waals surface area (Å²) in [4.78, 5) is 22.9. The monoisotopic (exact) mass is 332 g/mol. The Labute approximate surface area is 145 Å². The van der Waals surface area contributed by atoms with Crippen molar-refractivity contribution in [2.75, 3.05) is 23.4 Å². The molecule has 0 atom stereocenters. The summed E-state index contributed by atoms with van der Waals surface area (Å²) in [6, 6.07) is 16.9. The lowest BCUT2D eigenvalue weighted by Crippen LogP contribution is -2.41. The molecule has 0 spiro atoms. The van der Waals surface area contributed by atoms with E-state index in [-0.39, 0.29) is 6.03 Å². The molecule has 6 heteroatoms. The molecule has 1 N–H and O–H groups in total. The van der Waals surface area contributed by atoms with Crippen LogP contribution in [0.3, 0.4) is 0 Å². The number of hydrogen-bond acceptors (Lipinski definition) is 4. The molecule has 0 saturated carbocycles. The third kappa shape index (κ3) is 3.14. The van der Waals surface area contributed by atoms with Gasteiger partial charge in [0.1, 0.15) is 6.61 Å². The minimum Gasteiger partial charge on any atom is -0.488 e. The number of anilines is 2. The lowest BCUT2D eigenvalue weighted by Gasteiger charge is -2.28. The van der Waals surface area contributed by atoms with Gasteiger partial charge in [-0.3, -0.25) is 9.88 Å². The summed E-state index contributed by atoms with van der Waals surface area (Å²) >= 11 is 0. The van der Waals surface area contributed by atoms with Crippen LogP contribution in [0.15, 0.2) is 67.0 Å². The number of aromatic nitrogens is 2. The van der Waals surface area contributed by atoms with Crippen LogP contribution in [-0.2, 0) is 0 Å². The average molecular weight is 332 g/mol. The first kappa shape index (κ1) is 15.1. The molecule has 2 aromatic heterocycles. The van der Waals surface area contributed by atoms with E-state index in [0.29, 0.717) is 30.4 Å². The third-order valence-corrected chi connectivity index (χ3v) is 3.91. The number of carbonyl (C=O) groups is 1. The minimum absolute atomic E-state index is 0.242. The van der Waals surface area contributed by atoms with E-state index < -0.39 is 0 Å². The summed E-state index contributed by atoms with van der Waals surface area (Å²) in [5.41, 5.74) is 2.48. The van der Waals surface area contributed by atoms with Gasteiger partial charge in [0.15, 0.2) is 11.6 Å². The Morgan fingerprint density at radius 2 is 1.84 bits per heavy atom. The van der Waals surface area contributed by atoms with Crippen molar-refractivity contribution in [1.29, 1.82) is 0 Å². The van der Waals surface area contributed by atoms with Crippen molar-refractivity contribution in [1.82, 2.24) is 9.97 Å². The van der Waals surface area contributed by atoms with Crippen molar-refractivity contribution in [3.63, 3.8) is 0 Å². The van der Waals surface area contributed by atoms with Crippen LogP contribution in [0, 0.1) is 0 Å². The molecule has 0 fully saturated rings. The van der Waals surface area contributed by atoms with Gasteiger partial charge in [0.05, 0.1) is 12.2 Å². The highest BCUT2D eigenvalue weighted by molar-refractivity contribution is 6.02. The number of carbonyl (C=O) groups excluding carboxylic acids is 1. The second kappa shape index (κ2) is 6.60. The fourth-order valence-corrected chi connectivity index (χ4v) is 2.69. The van der Waals surface area contributed by atoms with Crippen LogP contribution in [0.2, 0.25) is 0 Å². The highest BCUT2D eigenvalue weighted by atomic mass is 16.5. The van der Waals surface area contributed by atoms with Gasteiger partial charge in [-0.2, -0.15) is 0 Å². The Hall–Kier alpha value is -3.41. The van der Waals surface area contributed by atoms with Crippen LogP contribution in [-0.4, -0.2) is 29.2 Å². The first-order valence-corrected chi connectivity index (χ1v) is 7.99. The second-order valence-electron chi connectivity index (χ2n) is 5.55. The molecule has 1 aliphatic rings. The summed E-state index contributed by atoms with van der Waals surface area (Å²) in [7, 11) is 0. The number of benzene rings is 1. The molecule has 25 heavy (non-hydrogen) atoms. The highest BCUT2D eigenvalue weighted by Crippen LogP contribution is 2.32. The number of amides is 2. The Bertz CT molecular complexity index is 884. The largest absolute Gasteiger partial charge is 0.488 e. The van der Waals surface area contributed by atoms with Crippen LogP contribution < -0.4 is 15.0 Å². The Kier molecular flexibility index (Phi) is 4.00. The quantitative estimate of drug-likeness (QED) is 0.779. The van der Waals surface area contributed by atoms with Crippen molar-refractivity contribution >= 4 is 17.5 Å². The summed E-state index contributed by atoms with van der Waals surface area (Å²) in [6.07, 6.45) is 3.27. The number of rotatable bonds is 2. The maximum absolute atomic E-state index is 12.7. The minimum atomic E-state index is -0.242. The van der Waals surface area contributed by atoms with E-state index in [9.17, 15) is 4.79 Å². The maximum Gasteiger partial charge on any atom is 0.327 e. The number of urea groups is 1. The predicted octanol–water partition coefficient (Wildman–Crippen LogP) is 3.57. The zero-order valence-corrected chi connectivity index (χ0v) is 13.4. The molecule has 1 aromatic carbocycles. The van der Waals surface area contributed by atoms with Gasteiger partial charge in [-0.25, -0.2) is 9.78 Å². The first-order chi connectivity index (χ1) is 12.3. The molecule has 0 bridgehead atoms. The highest BCUT2D eigenvalue weighted by Gasteiger charge is 2.26. The first-order valence-electron chi connectivity index (χ1n) is 7.99. The van der Waals surface area contributed by atoms with Gasteiger partial charge in [0.2, 0.25) is 0 Å². The van der Waals surface area contributed by atoms with Gasteiger partial charge in [0.25, 0.3) is 0 Å². The third-order valence-electron chi connectivity index (χ3n) is 3.91. The molecule has 0 unspecified atom stereocenters. The van der Waals surface area contributed by atoms with Crippen LogP contribution in [0.4, 0.5) is 16.3 Å². The van der Waals surface area contributed by atoms with Gasteiger partial charge < -0.3 is 10.1 Å². The molecule has 0 aliphatic carbocycles. The zero-order valence-electron chi connectivity index (χ0n) is 13.4. The molecule has 3 heterocycles. The Balaban J connectivity index is 1.65. The van der Waals surface area contributed by atoms with Gasteiger partial charge in [-0.05, 0) is 24.3 Å². The van der Waals surface area contributed by atoms with E-state index in [0.717, 1.165) is 11.3 Å². The lowest BCUT2D eigenvalue weighted by molar-refractivity contribution is 0.249. The van der Waals surface area contributed by atoms with Gasteiger partial charge >= 0.3 is 6.03 Å². The molecule has 1 aliphatic heterocycles. The molecule has 4 rings (SSSR count). The molecule has 124 valence electrons. The van der Waals surface area contributed by atoms with E-state index in [4.69, 9.17) is 4.74 Å². The molecular formula is C19H16N4O2. The van der Waals surface area contributed by atoms with E-state index in [1.165, 1.54) is 0 Å². The lowest BCUT2D eigenvalue weighted by atomic mass is 10.1. The number of pyridine rings is 2. The molecule has 2 amide bonds. The van der Waals surface area contributed by atoms with Crippen LogP contribution in [0.25, 0.3) is 11.3 Å². The number of fused-ring (bicyclic) bond motifs is 1. The van der Waals surface area contributed by atoms with Crippen molar-refractivity contribution in [3.05, 3.63) is 67.0 Å². The molecule has 3 aromatic rings. The van der Waals surface area contributed by atoms with Crippen molar-refractivity contribution in [3.8, 4) is 17.0 Å². The molecule has 6 nitrogen and oxygen atoms in total. The number of nitrogens with zero attached hydrogens (tertiary/aromatic N) is 3. The maximum atomic E-state index is 12.7. The van der Waals surface area contributed by atoms with Crippen molar-refractivity contribution in [2.24, 2.45) is 0 Å². The van der Waals surface area contributed by atoms with Gasteiger partial charge in [-0.15, -0.1) is 0 Å². The topological polar surface area (TPSA) is 67.4 Å². The fraction of sp³-hybridized carbons (Fsp3) is 0.105. The smallest absolute Gasteiger partial charge is 0.327 e. The summed E-state index contributed by atoms with van der Waals surface area (Å²) < 4.78 is 5.65. The SMILES string of the molecule is O=C(Nc1ccncc1)N1CCOc2ccc(-c3ccccc3)nc21. The molecular weight excluding hydrogens is 316 g/mol. The zero-order chi connectivity index (χ0) is 17.1. The number of hydrogen-bond donors (Lipinski definition) is 1. The number of nitrogens with one attached hydrogen (secondary N) is 1. The normalized spacial score (nSPS) is 12.9. The second-order valence-corrected chi connectivity index (χ2v) is 5.55. The molecule has 0 saturated heterocycles. The number of ether oxygens (including phenoxy) is 1. The van der Waals surface area contributed by atoms with E-state index >= 15 is 0 Å². The summed E-state index contributed by atoms with van der Waals surface area (Å²) in [5, 5.41) is 2.86. The van der Waals surface area contributed by atoms with Gasteiger partial charge in [-0.1, -0.05) is 30.3 Å². The van der Waals surface area contributed by atoms with E-state index in [2.05, 4.69) is 15.3 Å². The standard InChI is InChI=1S/C19H16N4O2/c24-19(21-15-8-10-20-11-9-15)23-12-13-25-17-7-6-16(22-18(17)23)14-4-2-1-3-5-14/h1-11H,12-13H2,(H,20,21,24). The fourth-order valence-electron chi connectivity index (χ4n) is 2.69.